The van der Waals surface area contributed by atoms with Crippen LogP contribution in [0.4, 0.5) is 5.82 Å². The van der Waals surface area contributed by atoms with E-state index < -0.39 is 0 Å². The lowest BCUT2D eigenvalue weighted by atomic mass is 9.95. The van der Waals surface area contributed by atoms with Gasteiger partial charge in [0.2, 0.25) is 0 Å². The van der Waals surface area contributed by atoms with Gasteiger partial charge in [0.05, 0.1) is 0 Å². The van der Waals surface area contributed by atoms with Crippen molar-refractivity contribution in [3.8, 4) is 11.3 Å². The number of benzene rings is 1. The van der Waals surface area contributed by atoms with E-state index in [1.54, 1.807) is 0 Å². The standard InChI is InChI=1S/C21H25N3/c1-15-12-13-19-23-20(18-11-7-6-8-16(18)2)21(24(19)14-15)22-17-9-4-3-5-10-17/h6-8,11-14,17,22H,3-5,9-10H2,1-2H3. The van der Waals surface area contributed by atoms with Crippen molar-refractivity contribution >= 4 is 11.5 Å². The summed E-state index contributed by atoms with van der Waals surface area (Å²) in [7, 11) is 0. The molecule has 0 saturated heterocycles. The predicted octanol–water partition coefficient (Wildman–Crippen LogP) is 5.36. The number of nitrogens with zero attached hydrogens (tertiary/aromatic N) is 2. The predicted molar refractivity (Wildman–Crippen MR) is 101 cm³/mol. The summed E-state index contributed by atoms with van der Waals surface area (Å²) in [6.07, 6.45) is 8.73. The highest BCUT2D eigenvalue weighted by molar-refractivity contribution is 5.78. The number of anilines is 1. The molecule has 3 heteroatoms. The maximum Gasteiger partial charge on any atom is 0.139 e. The highest BCUT2D eigenvalue weighted by Gasteiger charge is 2.20. The van der Waals surface area contributed by atoms with E-state index in [1.807, 2.05) is 0 Å². The fourth-order valence-electron chi connectivity index (χ4n) is 3.76. The van der Waals surface area contributed by atoms with Crippen molar-refractivity contribution in [3.05, 3.63) is 53.7 Å². The zero-order valence-corrected chi connectivity index (χ0v) is 14.5. The maximum atomic E-state index is 4.95. The van der Waals surface area contributed by atoms with Gasteiger partial charge in [-0.05, 0) is 43.9 Å². The molecule has 2 heterocycles. The Kier molecular flexibility index (Phi) is 4.01. The number of pyridine rings is 1. The molecule has 1 aliphatic carbocycles. The largest absolute Gasteiger partial charge is 0.367 e. The molecule has 3 nitrogen and oxygen atoms in total. The van der Waals surface area contributed by atoms with Crippen molar-refractivity contribution in [2.45, 2.75) is 52.0 Å². The zero-order chi connectivity index (χ0) is 16.5. The summed E-state index contributed by atoms with van der Waals surface area (Å²) in [5.74, 6) is 1.15. The Labute approximate surface area is 143 Å². The first-order chi connectivity index (χ1) is 11.7. The molecule has 0 atom stereocenters. The van der Waals surface area contributed by atoms with Crippen LogP contribution in [0.15, 0.2) is 42.6 Å². The smallest absolute Gasteiger partial charge is 0.139 e. The lowest BCUT2D eigenvalue weighted by Crippen LogP contribution is -2.23. The topological polar surface area (TPSA) is 29.3 Å². The molecule has 0 aliphatic heterocycles. The van der Waals surface area contributed by atoms with Crippen molar-refractivity contribution in [2.24, 2.45) is 0 Å². The van der Waals surface area contributed by atoms with Crippen LogP contribution in [0.5, 0.6) is 0 Å². The highest BCUT2D eigenvalue weighted by Crippen LogP contribution is 2.33. The van der Waals surface area contributed by atoms with Crippen LogP contribution in [0.1, 0.15) is 43.2 Å². The number of aromatic nitrogens is 2. The van der Waals surface area contributed by atoms with Crippen LogP contribution >= 0.6 is 0 Å². The number of rotatable bonds is 3. The first kappa shape index (κ1) is 15.3. The number of nitrogens with one attached hydrogen (secondary N) is 1. The molecule has 0 amide bonds. The summed E-state index contributed by atoms with van der Waals surface area (Å²) in [5, 5.41) is 3.83. The van der Waals surface area contributed by atoms with Gasteiger partial charge >= 0.3 is 0 Å². The van der Waals surface area contributed by atoms with Crippen molar-refractivity contribution in [2.75, 3.05) is 5.32 Å². The zero-order valence-electron chi connectivity index (χ0n) is 14.5. The number of imidazole rings is 1. The van der Waals surface area contributed by atoms with E-state index in [9.17, 15) is 0 Å². The molecule has 1 aromatic carbocycles. The molecule has 124 valence electrons. The van der Waals surface area contributed by atoms with Gasteiger partial charge in [-0.15, -0.1) is 0 Å². The van der Waals surface area contributed by atoms with E-state index in [0.717, 1.165) is 17.2 Å². The van der Waals surface area contributed by atoms with E-state index in [0.29, 0.717) is 6.04 Å². The van der Waals surface area contributed by atoms with Crippen molar-refractivity contribution < 1.29 is 0 Å². The Hall–Kier alpha value is -2.29. The third kappa shape index (κ3) is 2.79. The molecule has 1 saturated carbocycles. The molecule has 0 radical (unpaired) electrons. The molecule has 0 bridgehead atoms. The highest BCUT2D eigenvalue weighted by atomic mass is 15.1. The molecule has 24 heavy (non-hydrogen) atoms. The third-order valence-corrected chi connectivity index (χ3v) is 5.11. The molecule has 0 unspecified atom stereocenters. The number of fused-ring (bicyclic) bond motifs is 1. The van der Waals surface area contributed by atoms with Crippen LogP contribution in [-0.2, 0) is 0 Å². The van der Waals surface area contributed by atoms with Crippen molar-refractivity contribution in [1.29, 1.82) is 0 Å². The summed E-state index contributed by atoms with van der Waals surface area (Å²) < 4.78 is 2.23. The van der Waals surface area contributed by atoms with Gasteiger partial charge < -0.3 is 5.32 Å². The third-order valence-electron chi connectivity index (χ3n) is 5.11. The SMILES string of the molecule is Cc1ccc2nc(-c3ccccc3C)c(NC3CCCCC3)n2c1. The van der Waals surface area contributed by atoms with Gasteiger partial charge in [-0.3, -0.25) is 4.40 Å². The fourth-order valence-corrected chi connectivity index (χ4v) is 3.76. The lowest BCUT2D eigenvalue weighted by Gasteiger charge is -2.24. The summed E-state index contributed by atoms with van der Waals surface area (Å²) in [6.45, 7) is 4.30. The summed E-state index contributed by atoms with van der Waals surface area (Å²) in [6, 6.07) is 13.3. The van der Waals surface area contributed by atoms with Crippen LogP contribution in [-0.4, -0.2) is 15.4 Å². The Bertz CT molecular complexity index is 857. The molecule has 2 aromatic heterocycles. The molecule has 0 spiro atoms. The summed E-state index contributed by atoms with van der Waals surface area (Å²) in [5.41, 5.74) is 5.82. The summed E-state index contributed by atoms with van der Waals surface area (Å²) in [4.78, 5) is 4.95. The van der Waals surface area contributed by atoms with Gasteiger partial charge in [0.1, 0.15) is 17.2 Å². The number of hydrogen-bond donors (Lipinski definition) is 1. The quantitative estimate of drug-likeness (QED) is 0.704. The Balaban J connectivity index is 1.85. The van der Waals surface area contributed by atoms with Crippen LogP contribution in [0.25, 0.3) is 16.9 Å². The van der Waals surface area contributed by atoms with E-state index >= 15 is 0 Å². The molecular weight excluding hydrogens is 294 g/mol. The summed E-state index contributed by atoms with van der Waals surface area (Å²) >= 11 is 0. The second kappa shape index (κ2) is 6.31. The average Bonchev–Trinajstić information content (AvgIpc) is 2.94. The second-order valence-electron chi connectivity index (χ2n) is 7.04. The first-order valence-corrected chi connectivity index (χ1v) is 9.03. The van der Waals surface area contributed by atoms with E-state index in [2.05, 4.69) is 66.2 Å². The fraction of sp³-hybridized carbons (Fsp3) is 0.381. The molecule has 3 aromatic rings. The van der Waals surface area contributed by atoms with Crippen LogP contribution in [0.3, 0.4) is 0 Å². The van der Waals surface area contributed by atoms with E-state index in [-0.39, 0.29) is 0 Å². The average molecular weight is 319 g/mol. The molecular formula is C21H25N3. The van der Waals surface area contributed by atoms with Crippen LogP contribution < -0.4 is 5.32 Å². The Morgan fingerprint density at radius 2 is 1.79 bits per heavy atom. The monoisotopic (exact) mass is 319 g/mol. The van der Waals surface area contributed by atoms with Gasteiger partial charge in [-0.2, -0.15) is 0 Å². The minimum atomic E-state index is 0.557. The maximum absolute atomic E-state index is 4.95. The Morgan fingerprint density at radius 1 is 1.00 bits per heavy atom. The lowest BCUT2D eigenvalue weighted by molar-refractivity contribution is 0.461. The second-order valence-corrected chi connectivity index (χ2v) is 7.04. The Morgan fingerprint density at radius 3 is 2.58 bits per heavy atom. The van der Waals surface area contributed by atoms with Crippen molar-refractivity contribution in [3.63, 3.8) is 0 Å². The number of aryl methyl sites for hydroxylation is 2. The minimum absolute atomic E-state index is 0.557. The molecule has 1 aliphatic rings. The van der Waals surface area contributed by atoms with E-state index in [1.165, 1.54) is 48.8 Å². The van der Waals surface area contributed by atoms with Crippen molar-refractivity contribution in [1.82, 2.24) is 9.38 Å². The van der Waals surface area contributed by atoms with Crippen LogP contribution in [0, 0.1) is 13.8 Å². The van der Waals surface area contributed by atoms with Gasteiger partial charge in [0, 0.05) is 17.8 Å². The van der Waals surface area contributed by atoms with E-state index in [4.69, 9.17) is 4.98 Å². The minimum Gasteiger partial charge on any atom is -0.367 e. The van der Waals surface area contributed by atoms with Gasteiger partial charge in [-0.25, -0.2) is 4.98 Å². The molecule has 4 rings (SSSR count). The molecule has 1 N–H and O–H groups in total. The van der Waals surface area contributed by atoms with Gasteiger partial charge in [0.25, 0.3) is 0 Å². The number of hydrogen-bond acceptors (Lipinski definition) is 2. The first-order valence-electron chi connectivity index (χ1n) is 9.03. The van der Waals surface area contributed by atoms with Gasteiger partial charge in [0.15, 0.2) is 0 Å². The normalized spacial score (nSPS) is 15.8. The van der Waals surface area contributed by atoms with Crippen LogP contribution in [0.2, 0.25) is 0 Å². The van der Waals surface area contributed by atoms with Gasteiger partial charge in [-0.1, -0.05) is 49.6 Å². The molecule has 1 fully saturated rings.